The van der Waals surface area contributed by atoms with Gasteiger partial charge in [-0.25, -0.2) is 0 Å². The van der Waals surface area contributed by atoms with E-state index in [4.69, 9.17) is 4.74 Å². The van der Waals surface area contributed by atoms with Gasteiger partial charge in [-0.15, -0.1) is 0 Å². The second kappa shape index (κ2) is 9.27. The third kappa shape index (κ3) is 5.36. The summed E-state index contributed by atoms with van der Waals surface area (Å²) in [6.07, 6.45) is 13.3. The summed E-state index contributed by atoms with van der Waals surface area (Å²) in [4.78, 5) is 36.8. The molecule has 0 aromatic rings. The van der Waals surface area contributed by atoms with Crippen LogP contribution in [0.5, 0.6) is 0 Å². The third-order valence-electron chi connectivity index (χ3n) is 8.10. The maximum atomic E-state index is 12.5. The number of ether oxygens (including phenoxy) is 1. The molecule has 5 rings (SSSR count). The molecule has 5 aliphatic carbocycles. The van der Waals surface area contributed by atoms with E-state index < -0.39 is 12.1 Å². The molecule has 0 aromatic carbocycles. The van der Waals surface area contributed by atoms with Crippen LogP contribution in [0.25, 0.3) is 0 Å². The average Bonchev–Trinajstić information content (AvgIpc) is 2.70. The van der Waals surface area contributed by atoms with Crippen molar-refractivity contribution < 1.29 is 19.1 Å². The van der Waals surface area contributed by atoms with Gasteiger partial charge in [-0.3, -0.25) is 14.4 Å². The zero-order chi connectivity index (χ0) is 21.1. The highest BCUT2D eigenvalue weighted by atomic mass is 16.5. The van der Waals surface area contributed by atoms with Gasteiger partial charge in [-0.2, -0.15) is 0 Å². The molecule has 0 aliphatic heterocycles. The van der Waals surface area contributed by atoms with Gasteiger partial charge >= 0.3 is 5.97 Å². The predicted octanol–water partition coefficient (Wildman–Crippen LogP) is 3.34. The first-order chi connectivity index (χ1) is 14.4. The third-order valence-corrected chi connectivity index (χ3v) is 8.10. The summed E-state index contributed by atoms with van der Waals surface area (Å²) < 4.78 is 5.23. The van der Waals surface area contributed by atoms with Gasteiger partial charge in [0.05, 0.1) is 0 Å². The first-order valence-corrected chi connectivity index (χ1v) is 12.1. The van der Waals surface area contributed by atoms with E-state index in [-0.39, 0.29) is 23.8 Å². The molecule has 30 heavy (non-hydrogen) atoms. The van der Waals surface area contributed by atoms with E-state index in [0.717, 1.165) is 30.6 Å². The molecule has 0 heterocycles. The molecular weight excluding hydrogens is 380 g/mol. The summed E-state index contributed by atoms with van der Waals surface area (Å²) >= 11 is 0. The molecule has 1 atom stereocenters. The lowest BCUT2D eigenvalue weighted by Gasteiger charge is -2.56. The van der Waals surface area contributed by atoms with Crippen LogP contribution in [0.2, 0.25) is 0 Å². The molecule has 2 N–H and O–H groups in total. The van der Waals surface area contributed by atoms with E-state index in [1.165, 1.54) is 57.8 Å². The molecule has 0 saturated heterocycles. The normalized spacial score (nSPS) is 33.7. The largest absolute Gasteiger partial charge is 0.451 e. The zero-order valence-corrected chi connectivity index (χ0v) is 18.4. The van der Waals surface area contributed by atoms with Gasteiger partial charge in [0.1, 0.15) is 6.54 Å². The number of esters is 1. The van der Waals surface area contributed by atoms with Crippen molar-refractivity contribution in [3.63, 3.8) is 0 Å². The minimum Gasteiger partial charge on any atom is -0.451 e. The van der Waals surface area contributed by atoms with Crippen LogP contribution in [0.3, 0.4) is 0 Å². The Balaban J connectivity index is 1.14. The van der Waals surface area contributed by atoms with Crippen LogP contribution in [-0.4, -0.2) is 37.0 Å². The van der Waals surface area contributed by atoms with Crippen molar-refractivity contribution in [2.24, 2.45) is 29.1 Å². The number of carbonyl (C=O) groups excluding carboxylic acids is 3. The minimum atomic E-state index is -0.832. The minimum absolute atomic E-state index is 0.0525. The van der Waals surface area contributed by atoms with Crippen molar-refractivity contribution in [2.75, 3.05) is 13.1 Å². The summed E-state index contributed by atoms with van der Waals surface area (Å²) in [5, 5.41) is 5.64. The van der Waals surface area contributed by atoms with Crippen LogP contribution in [0.1, 0.15) is 84.0 Å². The monoisotopic (exact) mass is 418 g/mol. The maximum Gasteiger partial charge on any atom is 0.326 e. The van der Waals surface area contributed by atoms with Gasteiger partial charge in [0, 0.05) is 13.0 Å². The Bertz CT molecular complexity index is 620. The fourth-order valence-electron chi connectivity index (χ4n) is 7.15. The number of nitrogens with one attached hydrogen (secondary N) is 2. The Kier molecular flexibility index (Phi) is 6.69. The van der Waals surface area contributed by atoms with Gasteiger partial charge in [-0.05, 0) is 87.4 Å². The highest BCUT2D eigenvalue weighted by Crippen LogP contribution is 2.61. The highest BCUT2D eigenvalue weighted by Gasteiger charge is 2.51. The number of hydrogen-bond donors (Lipinski definition) is 2. The molecule has 168 valence electrons. The smallest absolute Gasteiger partial charge is 0.326 e. The van der Waals surface area contributed by atoms with Gasteiger partial charge in [0.2, 0.25) is 5.91 Å². The predicted molar refractivity (Wildman–Crippen MR) is 113 cm³/mol. The van der Waals surface area contributed by atoms with Crippen molar-refractivity contribution in [3.05, 3.63) is 0 Å². The van der Waals surface area contributed by atoms with Crippen LogP contribution in [0, 0.1) is 29.1 Å². The van der Waals surface area contributed by atoms with E-state index in [1.54, 1.807) is 6.92 Å². The lowest BCUT2D eigenvalue weighted by molar-refractivity contribution is -0.154. The van der Waals surface area contributed by atoms with Crippen molar-refractivity contribution in [2.45, 2.75) is 90.1 Å². The SMILES string of the molecule is CC(OC(=O)CNC(=O)CC12CC3CC(CC(C3)C1)C2)C(=O)NCC1CCCCC1. The summed E-state index contributed by atoms with van der Waals surface area (Å²) in [7, 11) is 0. The molecule has 4 bridgehead atoms. The molecule has 2 amide bonds. The fourth-order valence-corrected chi connectivity index (χ4v) is 7.15. The fraction of sp³-hybridized carbons (Fsp3) is 0.875. The van der Waals surface area contributed by atoms with Crippen molar-refractivity contribution in [3.8, 4) is 0 Å². The highest BCUT2D eigenvalue weighted by molar-refractivity contribution is 5.86. The lowest BCUT2D eigenvalue weighted by Crippen LogP contribution is -2.48. The Morgan fingerprint density at radius 2 is 1.53 bits per heavy atom. The van der Waals surface area contributed by atoms with Crippen LogP contribution in [0.4, 0.5) is 0 Å². The number of hydrogen-bond acceptors (Lipinski definition) is 4. The molecule has 6 nitrogen and oxygen atoms in total. The van der Waals surface area contributed by atoms with E-state index >= 15 is 0 Å². The first-order valence-electron chi connectivity index (χ1n) is 12.1. The van der Waals surface area contributed by atoms with Crippen LogP contribution < -0.4 is 10.6 Å². The first kappa shape index (κ1) is 21.6. The van der Waals surface area contributed by atoms with E-state index in [9.17, 15) is 14.4 Å². The van der Waals surface area contributed by atoms with Crippen molar-refractivity contribution in [1.29, 1.82) is 0 Å². The molecule has 5 aliphatic rings. The molecular formula is C24H38N2O4. The molecule has 5 fully saturated rings. The molecule has 5 saturated carbocycles. The van der Waals surface area contributed by atoms with Gasteiger partial charge in [0.25, 0.3) is 5.91 Å². The molecule has 1 unspecified atom stereocenters. The summed E-state index contributed by atoms with van der Waals surface area (Å²) in [6.45, 7) is 2.08. The standard InChI is InChI=1S/C24H38N2O4/c1-16(23(29)26-14-17-5-3-2-4-6-17)30-22(28)15-25-21(27)13-24-10-18-7-19(11-24)9-20(8-18)12-24/h16-20H,2-15H2,1H3,(H,25,27)(H,26,29). The average molecular weight is 419 g/mol. The number of amides is 2. The number of carbonyl (C=O) groups is 3. The van der Waals surface area contributed by atoms with Crippen LogP contribution >= 0.6 is 0 Å². The molecule has 0 radical (unpaired) electrons. The van der Waals surface area contributed by atoms with E-state index in [0.29, 0.717) is 18.9 Å². The zero-order valence-electron chi connectivity index (χ0n) is 18.4. The molecule has 0 aromatic heterocycles. The van der Waals surface area contributed by atoms with E-state index in [2.05, 4.69) is 10.6 Å². The van der Waals surface area contributed by atoms with Crippen molar-refractivity contribution in [1.82, 2.24) is 10.6 Å². The van der Waals surface area contributed by atoms with Gasteiger partial charge in [0.15, 0.2) is 6.10 Å². The molecule has 6 heteroatoms. The Morgan fingerprint density at radius 3 is 2.13 bits per heavy atom. The van der Waals surface area contributed by atoms with Crippen LogP contribution in [-0.2, 0) is 19.1 Å². The Labute approximate surface area is 180 Å². The molecule has 0 spiro atoms. The van der Waals surface area contributed by atoms with Crippen LogP contribution in [0.15, 0.2) is 0 Å². The quantitative estimate of drug-likeness (QED) is 0.592. The Hall–Kier alpha value is -1.59. The summed E-state index contributed by atoms with van der Waals surface area (Å²) in [5.41, 5.74) is 0.162. The lowest BCUT2D eigenvalue weighted by atomic mass is 9.49. The Morgan fingerprint density at radius 1 is 0.933 bits per heavy atom. The van der Waals surface area contributed by atoms with Crippen molar-refractivity contribution >= 4 is 17.8 Å². The summed E-state index contributed by atoms with van der Waals surface area (Å²) in [6, 6.07) is 0. The van der Waals surface area contributed by atoms with Gasteiger partial charge in [-0.1, -0.05) is 19.3 Å². The van der Waals surface area contributed by atoms with Gasteiger partial charge < -0.3 is 15.4 Å². The second-order valence-corrected chi connectivity index (χ2v) is 10.8. The van der Waals surface area contributed by atoms with E-state index in [1.807, 2.05) is 0 Å². The second-order valence-electron chi connectivity index (χ2n) is 10.8. The number of rotatable bonds is 8. The summed E-state index contributed by atoms with van der Waals surface area (Å²) in [5.74, 6) is 2.10. The maximum absolute atomic E-state index is 12.5. The topological polar surface area (TPSA) is 84.5 Å².